The van der Waals surface area contributed by atoms with Crippen molar-refractivity contribution in [1.82, 2.24) is 9.88 Å². The van der Waals surface area contributed by atoms with E-state index >= 15 is 0 Å². The lowest BCUT2D eigenvalue weighted by molar-refractivity contribution is -0.134. The smallest absolute Gasteiger partial charge is 0.323 e. The van der Waals surface area contributed by atoms with Gasteiger partial charge in [-0.2, -0.15) is 0 Å². The highest BCUT2D eigenvalue weighted by molar-refractivity contribution is 7.94. The van der Waals surface area contributed by atoms with Gasteiger partial charge in [-0.3, -0.25) is 10.1 Å². The van der Waals surface area contributed by atoms with Crippen LogP contribution in [0.25, 0.3) is 0 Å². The number of carbonyl (C=O) groups is 2. The summed E-state index contributed by atoms with van der Waals surface area (Å²) in [7, 11) is -3.97. The summed E-state index contributed by atoms with van der Waals surface area (Å²) < 4.78 is 23.9. The predicted octanol–water partition coefficient (Wildman–Crippen LogP) is 3.41. The van der Waals surface area contributed by atoms with Gasteiger partial charge >= 0.3 is 12.0 Å². The summed E-state index contributed by atoms with van der Waals surface area (Å²) in [5.74, 6) is -2.44. The van der Waals surface area contributed by atoms with Crippen molar-refractivity contribution in [2.45, 2.75) is 48.8 Å². The van der Waals surface area contributed by atoms with Crippen molar-refractivity contribution in [2.75, 3.05) is 17.6 Å². The van der Waals surface area contributed by atoms with Gasteiger partial charge < -0.3 is 10.0 Å². The Morgan fingerprint density at radius 1 is 1.17 bits per heavy atom. The molecule has 2 aromatic rings. The highest BCUT2D eigenvalue weighted by atomic mass is 32.2. The van der Waals surface area contributed by atoms with Crippen LogP contribution in [0.4, 0.5) is 9.93 Å². The van der Waals surface area contributed by atoms with Crippen LogP contribution < -0.4 is 5.32 Å². The van der Waals surface area contributed by atoms with Crippen molar-refractivity contribution in [1.29, 1.82) is 0 Å². The monoisotopic (exact) mass is 451 g/mol. The molecule has 0 spiro atoms. The minimum absolute atomic E-state index is 0.137. The molecular formula is C20H25N3O5S2. The minimum Gasteiger partial charge on any atom is -0.480 e. The van der Waals surface area contributed by atoms with Crippen LogP contribution in [0, 0.1) is 0 Å². The van der Waals surface area contributed by atoms with Gasteiger partial charge in [0, 0.05) is 12.6 Å². The van der Waals surface area contributed by atoms with E-state index in [0.29, 0.717) is 6.54 Å². The zero-order valence-electron chi connectivity index (χ0n) is 16.5. The molecular weight excluding hydrogens is 426 g/mol. The molecule has 0 saturated heterocycles. The summed E-state index contributed by atoms with van der Waals surface area (Å²) in [6, 6.07) is 9.76. The number of thiazole rings is 1. The van der Waals surface area contributed by atoms with Gasteiger partial charge in [0.1, 0.15) is 4.21 Å². The molecule has 10 heteroatoms. The third kappa shape index (κ3) is 6.02. The molecule has 8 nitrogen and oxygen atoms in total. The number of benzene rings is 1. The Morgan fingerprint density at radius 2 is 1.87 bits per heavy atom. The first-order valence-corrected chi connectivity index (χ1v) is 12.3. The van der Waals surface area contributed by atoms with Gasteiger partial charge in [0.15, 0.2) is 20.7 Å². The highest BCUT2D eigenvalue weighted by Crippen LogP contribution is 2.26. The van der Waals surface area contributed by atoms with Crippen LogP contribution >= 0.6 is 11.3 Å². The number of nitrogens with zero attached hydrogens (tertiary/aromatic N) is 2. The molecule has 1 aromatic carbocycles. The molecule has 1 aliphatic rings. The Bertz CT molecular complexity index is 969. The van der Waals surface area contributed by atoms with Crippen LogP contribution in [-0.2, 0) is 21.1 Å². The van der Waals surface area contributed by atoms with Crippen LogP contribution in [0.3, 0.4) is 0 Å². The average molecular weight is 452 g/mol. The number of amides is 2. The molecule has 2 amide bonds. The highest BCUT2D eigenvalue weighted by Gasteiger charge is 2.27. The van der Waals surface area contributed by atoms with Gasteiger partial charge in [0.2, 0.25) is 0 Å². The molecule has 162 valence electrons. The quantitative estimate of drug-likeness (QED) is 0.635. The molecule has 0 radical (unpaired) electrons. The molecule has 3 rings (SSSR count). The van der Waals surface area contributed by atoms with Gasteiger partial charge in [-0.25, -0.2) is 18.2 Å². The van der Waals surface area contributed by atoms with E-state index in [9.17, 15) is 18.0 Å². The Balaban J connectivity index is 1.70. The van der Waals surface area contributed by atoms with Gasteiger partial charge in [-0.15, -0.1) is 0 Å². The normalized spacial score (nSPS) is 14.9. The fourth-order valence-corrected chi connectivity index (χ4v) is 5.74. The number of rotatable bonds is 8. The van der Waals surface area contributed by atoms with Crippen LogP contribution in [0.1, 0.15) is 37.7 Å². The number of anilines is 1. The first-order chi connectivity index (χ1) is 14.3. The average Bonchev–Trinajstić information content (AvgIpc) is 3.18. The fourth-order valence-electron chi connectivity index (χ4n) is 3.59. The van der Waals surface area contributed by atoms with Crippen LogP contribution in [0.15, 0.2) is 40.7 Å². The standard InChI is InChI=1S/C20H25N3O5S2/c24-17(25)14-30(27,28)18-13-21-19(29-18)22-20(26)23(16-9-5-2-6-10-16)12-11-15-7-3-1-4-8-15/h1,3-4,7-8,13,16H,2,5-6,9-12,14H2,(H,24,25)(H,21,22,26). The lowest BCUT2D eigenvalue weighted by Gasteiger charge is -2.34. The SMILES string of the molecule is O=C(O)CS(=O)(=O)c1cnc(NC(=O)N(CCc2ccccc2)C2CCCCC2)s1. The first kappa shape index (κ1) is 22.2. The molecule has 1 saturated carbocycles. The Kier molecular flexibility index (Phi) is 7.43. The van der Waals surface area contributed by atoms with E-state index in [1.165, 1.54) is 6.42 Å². The molecule has 0 aliphatic heterocycles. The summed E-state index contributed by atoms with van der Waals surface area (Å²) in [6.07, 6.45) is 7.02. The number of carbonyl (C=O) groups excluding carboxylic acids is 1. The molecule has 1 heterocycles. The molecule has 1 fully saturated rings. The summed E-state index contributed by atoms with van der Waals surface area (Å²) in [5, 5.41) is 11.6. The number of nitrogens with one attached hydrogen (secondary N) is 1. The first-order valence-electron chi connectivity index (χ1n) is 9.87. The third-order valence-electron chi connectivity index (χ3n) is 5.08. The fraction of sp³-hybridized carbons (Fsp3) is 0.450. The zero-order valence-corrected chi connectivity index (χ0v) is 18.1. The maximum Gasteiger partial charge on any atom is 0.323 e. The van der Waals surface area contributed by atoms with Crippen molar-refractivity contribution < 1.29 is 23.1 Å². The van der Waals surface area contributed by atoms with Crippen LogP contribution in [-0.4, -0.2) is 53.7 Å². The largest absolute Gasteiger partial charge is 0.480 e. The van der Waals surface area contributed by atoms with Crippen molar-refractivity contribution in [3.63, 3.8) is 0 Å². The number of hydrogen-bond acceptors (Lipinski definition) is 6. The number of urea groups is 1. The molecule has 0 unspecified atom stereocenters. The lowest BCUT2D eigenvalue weighted by atomic mass is 9.94. The minimum atomic E-state index is -3.97. The van der Waals surface area contributed by atoms with Crippen LogP contribution in [0.2, 0.25) is 0 Å². The Hall–Kier alpha value is -2.46. The van der Waals surface area contributed by atoms with Gasteiger partial charge in [-0.05, 0) is 24.8 Å². The van der Waals surface area contributed by atoms with E-state index in [2.05, 4.69) is 10.3 Å². The number of sulfone groups is 1. The van der Waals surface area contributed by atoms with E-state index in [4.69, 9.17) is 5.11 Å². The number of hydrogen-bond donors (Lipinski definition) is 2. The third-order valence-corrected chi connectivity index (χ3v) is 8.14. The number of aliphatic carboxylic acids is 1. The van der Waals surface area contributed by atoms with Crippen molar-refractivity contribution in [3.8, 4) is 0 Å². The van der Waals surface area contributed by atoms with E-state index in [-0.39, 0.29) is 21.4 Å². The van der Waals surface area contributed by atoms with E-state index in [0.717, 1.165) is 55.2 Å². The molecule has 30 heavy (non-hydrogen) atoms. The van der Waals surface area contributed by atoms with Crippen molar-refractivity contribution in [2.24, 2.45) is 0 Å². The van der Waals surface area contributed by atoms with Crippen molar-refractivity contribution >= 4 is 38.3 Å². The second-order valence-electron chi connectivity index (χ2n) is 7.29. The lowest BCUT2D eigenvalue weighted by Crippen LogP contribution is -2.45. The molecule has 1 aromatic heterocycles. The summed E-state index contributed by atoms with van der Waals surface area (Å²) in [6.45, 7) is 0.552. The number of carboxylic acid groups (broad SMARTS) is 1. The van der Waals surface area contributed by atoms with Gasteiger partial charge in [-0.1, -0.05) is 60.9 Å². The molecule has 2 N–H and O–H groups in total. The van der Waals surface area contributed by atoms with E-state index in [1.807, 2.05) is 35.2 Å². The summed E-state index contributed by atoms with van der Waals surface area (Å²) in [5.41, 5.74) is 1.14. The topological polar surface area (TPSA) is 117 Å². The maximum atomic E-state index is 13.0. The molecule has 0 atom stereocenters. The second-order valence-corrected chi connectivity index (χ2v) is 10.5. The molecule has 0 bridgehead atoms. The second kappa shape index (κ2) is 10.0. The van der Waals surface area contributed by atoms with Crippen LogP contribution in [0.5, 0.6) is 0 Å². The van der Waals surface area contributed by atoms with E-state index < -0.39 is 21.6 Å². The van der Waals surface area contributed by atoms with Crippen molar-refractivity contribution in [3.05, 3.63) is 42.1 Å². The summed E-state index contributed by atoms with van der Waals surface area (Å²) >= 11 is 0.768. The summed E-state index contributed by atoms with van der Waals surface area (Å²) in [4.78, 5) is 29.5. The van der Waals surface area contributed by atoms with E-state index in [1.54, 1.807) is 0 Å². The molecule has 1 aliphatic carbocycles. The van der Waals surface area contributed by atoms with Gasteiger partial charge in [0.05, 0.1) is 6.20 Å². The Morgan fingerprint density at radius 3 is 2.53 bits per heavy atom. The predicted molar refractivity (Wildman–Crippen MR) is 115 cm³/mol. The number of carboxylic acids is 1. The maximum absolute atomic E-state index is 13.0. The zero-order chi connectivity index (χ0) is 21.6. The van der Waals surface area contributed by atoms with Gasteiger partial charge in [0.25, 0.3) is 0 Å². The number of aromatic nitrogens is 1. The Labute approximate surface area is 179 Å².